The number of halogens is 1. The van der Waals surface area contributed by atoms with E-state index < -0.39 is 0 Å². The molecule has 2 aromatic carbocycles. The first-order valence-corrected chi connectivity index (χ1v) is 10.9. The molecular weight excluding hydrogens is 442 g/mol. The van der Waals surface area contributed by atoms with Gasteiger partial charge in [0.2, 0.25) is 5.95 Å². The lowest BCUT2D eigenvalue weighted by Gasteiger charge is -2.28. The van der Waals surface area contributed by atoms with E-state index in [4.69, 9.17) is 4.98 Å². The zero-order valence-corrected chi connectivity index (χ0v) is 18.4. The number of hydrogen-bond donors (Lipinski definition) is 2. The third-order valence-electron chi connectivity index (χ3n) is 5.03. The molecule has 0 radical (unpaired) electrons. The van der Waals surface area contributed by atoms with Crippen LogP contribution in [-0.4, -0.2) is 29.0 Å². The van der Waals surface area contributed by atoms with Crippen LogP contribution in [0.25, 0.3) is 0 Å². The molecule has 0 bridgehead atoms. The molecule has 154 valence electrons. The lowest BCUT2D eigenvalue weighted by atomic mass is 10.1. The number of hydrogen-bond acceptors (Lipinski definition) is 5. The van der Waals surface area contributed by atoms with Gasteiger partial charge in [-0.05, 0) is 74.7 Å². The summed E-state index contributed by atoms with van der Waals surface area (Å²) in [6, 6.07) is 16.8. The molecule has 1 amide bonds. The number of amides is 1. The zero-order valence-electron chi connectivity index (χ0n) is 16.9. The van der Waals surface area contributed by atoms with Gasteiger partial charge in [-0.15, -0.1) is 0 Å². The molecule has 0 unspecified atom stereocenters. The van der Waals surface area contributed by atoms with Crippen LogP contribution in [-0.2, 0) is 0 Å². The van der Waals surface area contributed by atoms with Crippen LogP contribution in [0.5, 0.6) is 0 Å². The van der Waals surface area contributed by atoms with Crippen molar-refractivity contribution < 1.29 is 4.79 Å². The van der Waals surface area contributed by atoms with Crippen molar-refractivity contribution >= 4 is 45.0 Å². The first-order chi connectivity index (χ1) is 14.6. The van der Waals surface area contributed by atoms with Crippen molar-refractivity contribution in [3.63, 3.8) is 0 Å². The molecule has 1 fully saturated rings. The van der Waals surface area contributed by atoms with Gasteiger partial charge in [-0.3, -0.25) is 4.79 Å². The average molecular weight is 466 g/mol. The maximum absolute atomic E-state index is 12.4. The second kappa shape index (κ2) is 9.26. The Balaban J connectivity index is 1.42. The van der Waals surface area contributed by atoms with Crippen molar-refractivity contribution in [2.24, 2.45) is 0 Å². The summed E-state index contributed by atoms with van der Waals surface area (Å²) in [6.45, 7) is 4.08. The van der Waals surface area contributed by atoms with Gasteiger partial charge in [0.25, 0.3) is 5.91 Å². The topological polar surface area (TPSA) is 70.2 Å². The van der Waals surface area contributed by atoms with Gasteiger partial charge in [0.1, 0.15) is 5.82 Å². The fourth-order valence-corrected chi connectivity index (χ4v) is 3.73. The summed E-state index contributed by atoms with van der Waals surface area (Å²) in [4.78, 5) is 23.9. The average Bonchev–Trinajstić information content (AvgIpc) is 2.76. The monoisotopic (exact) mass is 465 g/mol. The van der Waals surface area contributed by atoms with Crippen molar-refractivity contribution in [1.82, 2.24) is 9.97 Å². The number of benzene rings is 2. The van der Waals surface area contributed by atoms with Gasteiger partial charge in [0.05, 0.1) is 0 Å². The van der Waals surface area contributed by atoms with Gasteiger partial charge < -0.3 is 15.5 Å². The van der Waals surface area contributed by atoms with Crippen LogP contribution in [0.2, 0.25) is 0 Å². The predicted molar refractivity (Wildman–Crippen MR) is 125 cm³/mol. The van der Waals surface area contributed by atoms with E-state index in [1.165, 1.54) is 19.3 Å². The van der Waals surface area contributed by atoms with E-state index in [0.717, 1.165) is 40.4 Å². The van der Waals surface area contributed by atoms with Gasteiger partial charge in [-0.1, -0.05) is 15.9 Å². The van der Waals surface area contributed by atoms with Crippen LogP contribution in [0.1, 0.15) is 35.3 Å². The van der Waals surface area contributed by atoms with Crippen molar-refractivity contribution in [2.75, 3.05) is 28.6 Å². The number of rotatable bonds is 5. The van der Waals surface area contributed by atoms with Crippen LogP contribution < -0.4 is 15.5 Å². The molecule has 4 rings (SSSR count). The van der Waals surface area contributed by atoms with Crippen LogP contribution in [0, 0.1) is 6.92 Å². The Morgan fingerprint density at radius 3 is 2.30 bits per heavy atom. The summed E-state index contributed by atoms with van der Waals surface area (Å²) in [7, 11) is 0. The third-order valence-corrected chi connectivity index (χ3v) is 5.55. The molecule has 3 aromatic rings. The number of aromatic nitrogens is 2. The first kappa shape index (κ1) is 20.3. The molecule has 2 N–H and O–H groups in total. The standard InChI is InChI=1S/C23H24BrN5O/c1-16-15-21(29-13-3-2-4-14-29)28-23(25-16)27-20-11-9-19(10-12-20)26-22(30)17-5-7-18(24)8-6-17/h5-12,15H,2-4,13-14H2,1H3,(H,26,30)(H,25,27,28). The first-order valence-electron chi connectivity index (χ1n) is 10.1. The summed E-state index contributed by atoms with van der Waals surface area (Å²) in [5.74, 6) is 1.42. The lowest BCUT2D eigenvalue weighted by molar-refractivity contribution is 0.102. The molecule has 0 atom stereocenters. The summed E-state index contributed by atoms with van der Waals surface area (Å²) in [5, 5.41) is 6.19. The number of aryl methyl sites for hydroxylation is 1. The van der Waals surface area contributed by atoms with Gasteiger partial charge >= 0.3 is 0 Å². The maximum Gasteiger partial charge on any atom is 0.255 e. The van der Waals surface area contributed by atoms with Gasteiger partial charge in [0, 0.05) is 46.3 Å². The second-order valence-corrected chi connectivity index (χ2v) is 8.32. The van der Waals surface area contributed by atoms with E-state index in [9.17, 15) is 4.79 Å². The third kappa shape index (κ3) is 5.16. The van der Waals surface area contributed by atoms with E-state index in [0.29, 0.717) is 11.5 Å². The second-order valence-electron chi connectivity index (χ2n) is 7.40. The number of nitrogens with zero attached hydrogens (tertiary/aromatic N) is 3. The molecule has 1 aliphatic rings. The quantitative estimate of drug-likeness (QED) is 0.517. The highest BCUT2D eigenvalue weighted by Crippen LogP contribution is 2.22. The van der Waals surface area contributed by atoms with E-state index >= 15 is 0 Å². The molecule has 0 aliphatic carbocycles. The molecule has 1 saturated heterocycles. The highest BCUT2D eigenvalue weighted by molar-refractivity contribution is 9.10. The Kier molecular flexibility index (Phi) is 6.28. The Labute approximate surface area is 184 Å². The number of anilines is 4. The predicted octanol–water partition coefficient (Wildman–Crippen LogP) is 5.53. The Morgan fingerprint density at radius 1 is 0.933 bits per heavy atom. The number of piperidine rings is 1. The Morgan fingerprint density at radius 2 is 1.60 bits per heavy atom. The normalized spacial score (nSPS) is 13.7. The van der Waals surface area contributed by atoms with E-state index in [1.54, 1.807) is 12.1 Å². The summed E-state index contributed by atoms with van der Waals surface area (Å²) < 4.78 is 0.941. The van der Waals surface area contributed by atoms with E-state index in [-0.39, 0.29) is 5.91 Å². The molecular formula is C23H24BrN5O. The number of carbonyl (C=O) groups is 1. The lowest BCUT2D eigenvalue weighted by Crippen LogP contribution is -2.30. The Hall–Kier alpha value is -2.93. The summed E-state index contributed by atoms with van der Waals surface area (Å²) >= 11 is 3.38. The van der Waals surface area contributed by atoms with Crippen molar-refractivity contribution in [3.8, 4) is 0 Å². The molecule has 6 nitrogen and oxygen atoms in total. The van der Waals surface area contributed by atoms with Crippen LogP contribution in [0.3, 0.4) is 0 Å². The fraction of sp³-hybridized carbons (Fsp3) is 0.261. The van der Waals surface area contributed by atoms with Crippen LogP contribution in [0.4, 0.5) is 23.1 Å². The largest absolute Gasteiger partial charge is 0.356 e. The smallest absolute Gasteiger partial charge is 0.255 e. The molecule has 2 heterocycles. The molecule has 1 aromatic heterocycles. The molecule has 1 aliphatic heterocycles. The Bertz CT molecular complexity index is 1010. The number of nitrogens with one attached hydrogen (secondary N) is 2. The highest BCUT2D eigenvalue weighted by atomic mass is 79.9. The minimum atomic E-state index is -0.142. The molecule has 0 spiro atoms. The van der Waals surface area contributed by atoms with E-state index in [1.807, 2.05) is 49.4 Å². The van der Waals surface area contributed by atoms with Gasteiger partial charge in [-0.25, -0.2) is 4.98 Å². The molecule has 30 heavy (non-hydrogen) atoms. The van der Waals surface area contributed by atoms with Crippen LogP contribution in [0.15, 0.2) is 59.1 Å². The minimum Gasteiger partial charge on any atom is -0.356 e. The highest BCUT2D eigenvalue weighted by Gasteiger charge is 2.14. The van der Waals surface area contributed by atoms with Gasteiger partial charge in [0.15, 0.2) is 0 Å². The van der Waals surface area contributed by atoms with E-state index in [2.05, 4.69) is 36.4 Å². The van der Waals surface area contributed by atoms with Crippen molar-refractivity contribution in [3.05, 3.63) is 70.3 Å². The minimum absolute atomic E-state index is 0.142. The summed E-state index contributed by atoms with van der Waals surface area (Å²) in [5.41, 5.74) is 3.14. The zero-order chi connectivity index (χ0) is 20.9. The fourth-order valence-electron chi connectivity index (χ4n) is 3.46. The van der Waals surface area contributed by atoms with Crippen LogP contribution >= 0.6 is 15.9 Å². The molecule has 0 saturated carbocycles. The maximum atomic E-state index is 12.4. The van der Waals surface area contributed by atoms with Crippen molar-refractivity contribution in [1.29, 1.82) is 0 Å². The molecule has 7 heteroatoms. The van der Waals surface area contributed by atoms with Gasteiger partial charge in [-0.2, -0.15) is 4.98 Å². The number of carbonyl (C=O) groups excluding carboxylic acids is 1. The van der Waals surface area contributed by atoms with Crippen molar-refractivity contribution in [2.45, 2.75) is 26.2 Å². The SMILES string of the molecule is Cc1cc(N2CCCCC2)nc(Nc2ccc(NC(=O)c3ccc(Br)cc3)cc2)n1. The summed E-state index contributed by atoms with van der Waals surface area (Å²) in [6.07, 6.45) is 3.70.